The molecule has 1 heterocycles. The van der Waals surface area contributed by atoms with E-state index in [4.69, 9.17) is 9.47 Å². The standard InChI is InChI=1S/C21H23BrN2O5S/c1-13(2)29-19-9-8-15(22)11-20(19)30(26,27)24-18(21(25)28-3)10-14-12-23-17-7-5-4-6-16(14)17/h4-9,11-13,18,23-24H,10H2,1-3H3. The molecular weight excluding hydrogens is 472 g/mol. The molecule has 1 unspecified atom stereocenters. The molecular formula is C21H23BrN2O5S. The molecule has 0 saturated carbocycles. The van der Waals surface area contributed by atoms with E-state index in [0.717, 1.165) is 16.5 Å². The number of esters is 1. The first-order chi connectivity index (χ1) is 14.2. The zero-order valence-electron chi connectivity index (χ0n) is 16.8. The summed E-state index contributed by atoms with van der Waals surface area (Å²) in [5.74, 6) is -0.471. The summed E-state index contributed by atoms with van der Waals surface area (Å²) in [5.41, 5.74) is 1.70. The molecule has 0 fully saturated rings. The van der Waals surface area contributed by atoms with Gasteiger partial charge in [0.25, 0.3) is 0 Å². The number of methoxy groups -OCH3 is 1. The van der Waals surface area contributed by atoms with Gasteiger partial charge in [0.1, 0.15) is 16.7 Å². The molecule has 3 aromatic rings. The summed E-state index contributed by atoms with van der Waals surface area (Å²) in [6.07, 6.45) is 1.67. The van der Waals surface area contributed by atoms with Gasteiger partial charge in [-0.15, -0.1) is 0 Å². The SMILES string of the molecule is COC(=O)C(Cc1c[nH]c2ccccc12)NS(=O)(=O)c1cc(Br)ccc1OC(C)C. The number of halogens is 1. The summed E-state index contributed by atoms with van der Waals surface area (Å²) in [6.45, 7) is 3.61. The van der Waals surface area contributed by atoms with Crippen LogP contribution < -0.4 is 9.46 Å². The van der Waals surface area contributed by atoms with Crippen molar-refractivity contribution in [3.8, 4) is 5.75 Å². The fourth-order valence-electron chi connectivity index (χ4n) is 3.13. The molecule has 30 heavy (non-hydrogen) atoms. The topological polar surface area (TPSA) is 97.5 Å². The van der Waals surface area contributed by atoms with Gasteiger partial charge in [0, 0.05) is 28.0 Å². The second-order valence-electron chi connectivity index (χ2n) is 7.02. The molecule has 2 N–H and O–H groups in total. The molecule has 0 saturated heterocycles. The number of fused-ring (bicyclic) bond motifs is 1. The van der Waals surface area contributed by atoms with Crippen molar-refractivity contribution in [3.63, 3.8) is 0 Å². The lowest BCUT2D eigenvalue weighted by atomic mass is 10.1. The van der Waals surface area contributed by atoms with E-state index in [0.29, 0.717) is 4.47 Å². The number of rotatable bonds is 8. The number of H-pyrrole nitrogens is 1. The van der Waals surface area contributed by atoms with E-state index in [1.807, 2.05) is 24.3 Å². The second kappa shape index (κ2) is 9.20. The van der Waals surface area contributed by atoms with Crippen LogP contribution in [0.15, 0.2) is 58.0 Å². The predicted molar refractivity (Wildman–Crippen MR) is 118 cm³/mol. The molecule has 0 aliphatic carbocycles. The van der Waals surface area contributed by atoms with Crippen molar-refractivity contribution in [2.75, 3.05) is 7.11 Å². The number of nitrogens with one attached hydrogen (secondary N) is 2. The van der Waals surface area contributed by atoms with Crippen LogP contribution in [0, 0.1) is 0 Å². The molecule has 1 atom stereocenters. The number of ether oxygens (including phenoxy) is 2. The maximum absolute atomic E-state index is 13.2. The lowest BCUT2D eigenvalue weighted by molar-refractivity contribution is -0.142. The Morgan fingerprint density at radius 1 is 1.20 bits per heavy atom. The van der Waals surface area contributed by atoms with E-state index in [1.165, 1.54) is 13.2 Å². The van der Waals surface area contributed by atoms with Gasteiger partial charge < -0.3 is 14.5 Å². The summed E-state index contributed by atoms with van der Waals surface area (Å²) in [7, 11) is -2.86. The van der Waals surface area contributed by atoms with Crippen molar-refractivity contribution in [2.24, 2.45) is 0 Å². The van der Waals surface area contributed by atoms with Gasteiger partial charge in [-0.05, 0) is 43.7 Å². The fourth-order valence-corrected chi connectivity index (χ4v) is 4.99. The minimum absolute atomic E-state index is 0.0570. The van der Waals surface area contributed by atoms with Gasteiger partial charge in [-0.2, -0.15) is 4.72 Å². The van der Waals surface area contributed by atoms with Crippen LogP contribution in [-0.2, 0) is 26.0 Å². The van der Waals surface area contributed by atoms with Crippen molar-refractivity contribution in [1.29, 1.82) is 0 Å². The minimum atomic E-state index is -4.09. The Morgan fingerprint density at radius 3 is 2.63 bits per heavy atom. The molecule has 1 aromatic heterocycles. The first-order valence-corrected chi connectivity index (χ1v) is 11.6. The van der Waals surface area contributed by atoms with Gasteiger partial charge >= 0.3 is 5.97 Å². The fraction of sp³-hybridized carbons (Fsp3) is 0.286. The Hall–Kier alpha value is -2.36. The second-order valence-corrected chi connectivity index (χ2v) is 9.62. The van der Waals surface area contributed by atoms with E-state index in [2.05, 4.69) is 25.6 Å². The van der Waals surface area contributed by atoms with Crippen LogP contribution in [0.25, 0.3) is 10.9 Å². The third-order valence-electron chi connectivity index (χ3n) is 4.44. The molecule has 160 valence electrons. The van der Waals surface area contributed by atoms with Gasteiger partial charge in [0.15, 0.2) is 0 Å². The number of hydrogen-bond donors (Lipinski definition) is 2. The minimum Gasteiger partial charge on any atom is -0.490 e. The first-order valence-electron chi connectivity index (χ1n) is 9.32. The van der Waals surface area contributed by atoms with Crippen LogP contribution in [0.5, 0.6) is 5.75 Å². The number of para-hydroxylation sites is 1. The highest BCUT2D eigenvalue weighted by atomic mass is 79.9. The Bertz CT molecular complexity index is 1160. The Morgan fingerprint density at radius 2 is 1.93 bits per heavy atom. The zero-order valence-corrected chi connectivity index (χ0v) is 19.2. The van der Waals surface area contributed by atoms with Gasteiger partial charge in [-0.3, -0.25) is 4.79 Å². The number of aromatic amines is 1. The van der Waals surface area contributed by atoms with Crippen LogP contribution in [0.1, 0.15) is 19.4 Å². The van der Waals surface area contributed by atoms with E-state index >= 15 is 0 Å². The highest BCUT2D eigenvalue weighted by Gasteiger charge is 2.30. The lowest BCUT2D eigenvalue weighted by Crippen LogP contribution is -2.43. The molecule has 0 aliphatic rings. The van der Waals surface area contributed by atoms with Gasteiger partial charge in [-0.1, -0.05) is 34.1 Å². The molecule has 2 aromatic carbocycles. The molecule has 0 radical (unpaired) electrons. The summed E-state index contributed by atoms with van der Waals surface area (Å²) in [6, 6.07) is 11.2. The normalized spacial score (nSPS) is 12.8. The number of aromatic nitrogens is 1. The summed E-state index contributed by atoms with van der Waals surface area (Å²) < 4.78 is 39.9. The molecule has 7 nitrogen and oxygen atoms in total. The molecule has 0 spiro atoms. The number of benzene rings is 2. The Labute approximate surface area is 184 Å². The quantitative estimate of drug-likeness (QED) is 0.464. The third kappa shape index (κ3) is 5.03. The largest absolute Gasteiger partial charge is 0.490 e. The van der Waals surface area contributed by atoms with Gasteiger partial charge in [0.2, 0.25) is 10.0 Å². The summed E-state index contributed by atoms with van der Waals surface area (Å²) >= 11 is 3.30. The van der Waals surface area contributed by atoms with Crippen molar-refractivity contribution in [1.82, 2.24) is 9.71 Å². The maximum atomic E-state index is 13.2. The highest BCUT2D eigenvalue weighted by Crippen LogP contribution is 2.29. The van der Waals surface area contributed by atoms with Crippen molar-refractivity contribution in [2.45, 2.75) is 37.3 Å². The number of sulfonamides is 1. The average Bonchev–Trinajstić information content (AvgIpc) is 3.10. The highest BCUT2D eigenvalue weighted by molar-refractivity contribution is 9.10. The molecule has 0 aliphatic heterocycles. The zero-order chi connectivity index (χ0) is 21.9. The van der Waals surface area contributed by atoms with Crippen molar-refractivity contribution in [3.05, 3.63) is 58.7 Å². The van der Waals surface area contributed by atoms with E-state index < -0.39 is 22.0 Å². The van der Waals surface area contributed by atoms with Crippen molar-refractivity contribution < 1.29 is 22.7 Å². The Kier molecular flexibility index (Phi) is 6.84. The van der Waals surface area contributed by atoms with Crippen LogP contribution in [0.2, 0.25) is 0 Å². The van der Waals surface area contributed by atoms with Crippen LogP contribution in [0.3, 0.4) is 0 Å². The predicted octanol–water partition coefficient (Wildman–Crippen LogP) is 3.78. The molecule has 9 heteroatoms. The van der Waals surface area contributed by atoms with Crippen LogP contribution in [0.4, 0.5) is 0 Å². The third-order valence-corrected chi connectivity index (χ3v) is 6.43. The van der Waals surface area contributed by atoms with Gasteiger partial charge in [-0.25, -0.2) is 8.42 Å². The van der Waals surface area contributed by atoms with Crippen molar-refractivity contribution >= 4 is 42.8 Å². The van der Waals surface area contributed by atoms with Gasteiger partial charge in [0.05, 0.1) is 13.2 Å². The van der Waals surface area contributed by atoms with E-state index in [9.17, 15) is 13.2 Å². The molecule has 0 amide bonds. The average molecular weight is 495 g/mol. The van der Waals surface area contributed by atoms with Crippen LogP contribution in [-0.4, -0.2) is 38.6 Å². The van der Waals surface area contributed by atoms with Crippen LogP contribution >= 0.6 is 15.9 Å². The number of hydrogen-bond acceptors (Lipinski definition) is 5. The monoisotopic (exact) mass is 494 g/mol. The lowest BCUT2D eigenvalue weighted by Gasteiger charge is -2.19. The number of carbonyl (C=O) groups is 1. The smallest absolute Gasteiger partial charge is 0.324 e. The molecule has 0 bridgehead atoms. The van der Waals surface area contributed by atoms with E-state index in [-0.39, 0.29) is 23.2 Å². The summed E-state index contributed by atoms with van der Waals surface area (Å²) in [4.78, 5) is 15.5. The maximum Gasteiger partial charge on any atom is 0.324 e. The first kappa shape index (κ1) is 22.3. The Balaban J connectivity index is 1.95. The number of carbonyl (C=O) groups excluding carboxylic acids is 1. The summed E-state index contributed by atoms with van der Waals surface area (Å²) in [5, 5.41) is 0.914. The molecule has 3 rings (SSSR count). The van der Waals surface area contributed by atoms with E-state index in [1.54, 1.807) is 32.2 Å².